The van der Waals surface area contributed by atoms with E-state index in [0.29, 0.717) is 19.0 Å². The summed E-state index contributed by atoms with van der Waals surface area (Å²) in [4.78, 5) is 0. The van der Waals surface area contributed by atoms with Crippen molar-refractivity contribution in [2.75, 3.05) is 6.54 Å². The number of hydrogen-bond acceptors (Lipinski definition) is 2. The molecule has 1 aromatic rings. The van der Waals surface area contributed by atoms with Crippen molar-refractivity contribution < 1.29 is 4.39 Å². The molecule has 2 nitrogen and oxygen atoms in total. The monoisotopic (exact) mass is 278 g/mol. The van der Waals surface area contributed by atoms with Crippen LogP contribution >= 0.6 is 0 Å². The summed E-state index contributed by atoms with van der Waals surface area (Å²) in [6.07, 6.45) is 8.33. The van der Waals surface area contributed by atoms with E-state index in [1.54, 1.807) is 6.07 Å². The first-order valence-corrected chi connectivity index (χ1v) is 7.84. The summed E-state index contributed by atoms with van der Waals surface area (Å²) < 4.78 is 13.8. The zero-order valence-corrected chi connectivity index (χ0v) is 12.5. The Morgan fingerprint density at radius 1 is 1.20 bits per heavy atom. The summed E-state index contributed by atoms with van der Waals surface area (Å²) in [5, 5.41) is 3.71. The van der Waals surface area contributed by atoms with E-state index in [1.807, 2.05) is 12.1 Å². The van der Waals surface area contributed by atoms with Crippen LogP contribution in [0.4, 0.5) is 4.39 Å². The molecule has 112 valence electrons. The summed E-state index contributed by atoms with van der Waals surface area (Å²) in [7, 11) is 0. The van der Waals surface area contributed by atoms with E-state index >= 15 is 0 Å². The van der Waals surface area contributed by atoms with Crippen molar-refractivity contribution >= 4 is 0 Å². The Morgan fingerprint density at radius 3 is 2.45 bits per heavy atom. The third-order valence-electron chi connectivity index (χ3n) is 4.40. The smallest absolute Gasteiger partial charge is 0.126 e. The molecule has 20 heavy (non-hydrogen) atoms. The average Bonchev–Trinajstić information content (AvgIpc) is 2.70. The second-order valence-corrected chi connectivity index (χ2v) is 6.37. The average molecular weight is 278 g/mol. The van der Waals surface area contributed by atoms with Gasteiger partial charge in [0.05, 0.1) is 0 Å². The highest BCUT2D eigenvalue weighted by Crippen LogP contribution is 2.22. The van der Waals surface area contributed by atoms with E-state index in [9.17, 15) is 4.39 Å². The fourth-order valence-electron chi connectivity index (χ4n) is 3.16. The van der Waals surface area contributed by atoms with Crippen LogP contribution < -0.4 is 11.1 Å². The maximum Gasteiger partial charge on any atom is 0.126 e. The second-order valence-electron chi connectivity index (χ2n) is 6.37. The topological polar surface area (TPSA) is 38.0 Å². The molecule has 0 spiro atoms. The largest absolute Gasteiger partial charge is 0.329 e. The van der Waals surface area contributed by atoms with Crippen LogP contribution in [-0.4, -0.2) is 18.1 Å². The number of benzene rings is 1. The second kappa shape index (κ2) is 7.19. The quantitative estimate of drug-likeness (QED) is 0.810. The lowest BCUT2D eigenvalue weighted by atomic mass is 9.90. The van der Waals surface area contributed by atoms with E-state index in [2.05, 4.69) is 12.2 Å². The van der Waals surface area contributed by atoms with Crippen molar-refractivity contribution in [1.82, 2.24) is 5.32 Å². The van der Waals surface area contributed by atoms with Crippen molar-refractivity contribution in [3.8, 4) is 0 Å². The lowest BCUT2D eigenvalue weighted by molar-refractivity contribution is 0.292. The summed E-state index contributed by atoms with van der Waals surface area (Å²) >= 11 is 0. The van der Waals surface area contributed by atoms with Gasteiger partial charge in [-0.3, -0.25) is 0 Å². The fourth-order valence-corrected chi connectivity index (χ4v) is 3.16. The van der Waals surface area contributed by atoms with Crippen molar-refractivity contribution in [3.05, 3.63) is 35.6 Å². The van der Waals surface area contributed by atoms with Gasteiger partial charge in [0.2, 0.25) is 0 Å². The molecule has 0 radical (unpaired) electrons. The van der Waals surface area contributed by atoms with Crippen molar-refractivity contribution in [1.29, 1.82) is 0 Å². The molecule has 1 fully saturated rings. The van der Waals surface area contributed by atoms with E-state index < -0.39 is 0 Å². The lowest BCUT2D eigenvalue weighted by Crippen LogP contribution is -2.54. The van der Waals surface area contributed by atoms with E-state index in [0.717, 1.165) is 5.56 Å². The minimum absolute atomic E-state index is 0.130. The van der Waals surface area contributed by atoms with E-state index in [1.165, 1.54) is 44.6 Å². The lowest BCUT2D eigenvalue weighted by Gasteiger charge is -2.34. The Kier molecular flexibility index (Phi) is 5.55. The molecule has 3 N–H and O–H groups in total. The third-order valence-corrected chi connectivity index (χ3v) is 4.40. The SMILES string of the molecule is CC(CN)(Cc1ccccc1F)NC1CCCCCC1. The Labute approximate surface area is 121 Å². The molecule has 0 aromatic heterocycles. The van der Waals surface area contributed by atoms with Gasteiger partial charge in [0.25, 0.3) is 0 Å². The van der Waals surface area contributed by atoms with Gasteiger partial charge in [0.1, 0.15) is 5.82 Å². The van der Waals surface area contributed by atoms with Crippen LogP contribution in [0, 0.1) is 5.82 Å². The molecule has 3 heteroatoms. The Bertz CT molecular complexity index is 413. The highest BCUT2D eigenvalue weighted by molar-refractivity contribution is 5.20. The molecule has 0 aliphatic heterocycles. The van der Waals surface area contributed by atoms with Crippen LogP contribution in [-0.2, 0) is 6.42 Å². The zero-order valence-electron chi connectivity index (χ0n) is 12.5. The Morgan fingerprint density at radius 2 is 1.85 bits per heavy atom. The first kappa shape index (κ1) is 15.5. The van der Waals surface area contributed by atoms with Crippen molar-refractivity contribution in [2.45, 2.75) is 63.5 Å². The first-order valence-electron chi connectivity index (χ1n) is 7.84. The number of halogens is 1. The summed E-state index contributed by atoms with van der Waals surface area (Å²) in [5.41, 5.74) is 6.50. The molecule has 0 saturated heterocycles. The summed E-state index contributed by atoms with van der Waals surface area (Å²) in [5.74, 6) is -0.130. The summed E-state index contributed by atoms with van der Waals surface area (Å²) in [6.45, 7) is 2.64. The minimum Gasteiger partial charge on any atom is -0.329 e. The molecule has 1 aromatic carbocycles. The fraction of sp³-hybridized carbons (Fsp3) is 0.647. The molecule has 2 rings (SSSR count). The molecule has 1 aliphatic carbocycles. The number of hydrogen-bond donors (Lipinski definition) is 2. The minimum atomic E-state index is -0.225. The van der Waals surface area contributed by atoms with Crippen LogP contribution in [0.5, 0.6) is 0 Å². The van der Waals surface area contributed by atoms with Crippen molar-refractivity contribution in [2.24, 2.45) is 5.73 Å². The highest BCUT2D eigenvalue weighted by atomic mass is 19.1. The Balaban J connectivity index is 2.02. The van der Waals surface area contributed by atoms with Gasteiger partial charge in [0, 0.05) is 18.1 Å². The van der Waals surface area contributed by atoms with Crippen LogP contribution in [0.1, 0.15) is 51.0 Å². The van der Waals surface area contributed by atoms with Gasteiger partial charge in [-0.05, 0) is 37.8 Å². The van der Waals surface area contributed by atoms with Crippen LogP contribution in [0.2, 0.25) is 0 Å². The molecule has 1 atom stereocenters. The molecular formula is C17H27FN2. The van der Waals surface area contributed by atoms with Gasteiger partial charge in [-0.1, -0.05) is 43.9 Å². The van der Waals surface area contributed by atoms with Crippen LogP contribution in [0.15, 0.2) is 24.3 Å². The van der Waals surface area contributed by atoms with Crippen LogP contribution in [0.3, 0.4) is 0 Å². The van der Waals surface area contributed by atoms with Gasteiger partial charge in [0.15, 0.2) is 0 Å². The predicted octanol–water partition coefficient (Wildman–Crippen LogP) is 3.40. The molecule has 1 unspecified atom stereocenters. The van der Waals surface area contributed by atoms with Crippen LogP contribution in [0.25, 0.3) is 0 Å². The van der Waals surface area contributed by atoms with Crippen molar-refractivity contribution in [3.63, 3.8) is 0 Å². The first-order chi connectivity index (χ1) is 9.63. The maximum atomic E-state index is 13.8. The Hall–Kier alpha value is -0.930. The molecule has 0 bridgehead atoms. The molecule has 1 aliphatic rings. The summed E-state index contributed by atoms with van der Waals surface area (Å²) in [6, 6.07) is 7.53. The molecular weight excluding hydrogens is 251 g/mol. The maximum absolute atomic E-state index is 13.8. The van der Waals surface area contributed by atoms with E-state index in [-0.39, 0.29) is 11.4 Å². The normalized spacial score (nSPS) is 20.4. The molecule has 0 heterocycles. The molecule has 1 saturated carbocycles. The standard InChI is InChI=1S/C17H27FN2/c1-17(13-19,12-14-8-6-7-11-16(14)18)20-15-9-4-2-3-5-10-15/h6-8,11,15,20H,2-5,9-10,12-13,19H2,1H3. The third kappa shape index (κ3) is 4.29. The number of rotatable bonds is 5. The van der Waals surface area contributed by atoms with Gasteiger partial charge in [-0.25, -0.2) is 4.39 Å². The number of nitrogens with one attached hydrogen (secondary N) is 1. The van der Waals surface area contributed by atoms with E-state index in [4.69, 9.17) is 5.73 Å². The zero-order chi connectivity index (χ0) is 14.4. The molecule has 0 amide bonds. The van der Waals surface area contributed by atoms with Gasteiger partial charge in [-0.2, -0.15) is 0 Å². The van der Waals surface area contributed by atoms with Gasteiger partial charge < -0.3 is 11.1 Å². The number of nitrogens with two attached hydrogens (primary N) is 1. The van der Waals surface area contributed by atoms with Gasteiger partial charge in [-0.15, -0.1) is 0 Å². The highest BCUT2D eigenvalue weighted by Gasteiger charge is 2.27. The van der Waals surface area contributed by atoms with Gasteiger partial charge >= 0.3 is 0 Å². The predicted molar refractivity (Wildman–Crippen MR) is 82.2 cm³/mol.